The Morgan fingerprint density at radius 1 is 1.03 bits per heavy atom. The molecular weight excluding hydrogens is 438 g/mol. The zero-order valence-electron chi connectivity index (χ0n) is 17.3. The maximum atomic E-state index is 12.8. The third-order valence-corrected chi connectivity index (χ3v) is 8.03. The van der Waals surface area contributed by atoms with Crippen LogP contribution in [0.5, 0.6) is 11.5 Å². The lowest BCUT2D eigenvalue weighted by molar-refractivity contribution is 0.102. The molecule has 0 atom stereocenters. The van der Waals surface area contributed by atoms with Crippen LogP contribution in [0.1, 0.15) is 29.6 Å². The maximum Gasteiger partial charge on any atom is 0.257 e. The highest BCUT2D eigenvalue weighted by Gasteiger charge is 2.26. The van der Waals surface area contributed by atoms with Crippen LogP contribution in [0.15, 0.2) is 41.3 Å². The number of nitrogens with zero attached hydrogens (tertiary/aromatic N) is 2. The van der Waals surface area contributed by atoms with Gasteiger partial charge >= 0.3 is 0 Å². The number of hydrogen-bond acceptors (Lipinski definition) is 7. The van der Waals surface area contributed by atoms with Gasteiger partial charge in [0.1, 0.15) is 0 Å². The molecule has 1 aromatic heterocycles. The summed E-state index contributed by atoms with van der Waals surface area (Å²) in [6.07, 6.45) is 2.80. The van der Waals surface area contributed by atoms with Gasteiger partial charge in [-0.25, -0.2) is 13.4 Å². The number of carbonyl (C=O) groups excluding carboxylic acids is 1. The first kappa shape index (κ1) is 21.5. The Labute approximate surface area is 184 Å². The van der Waals surface area contributed by atoms with Gasteiger partial charge in [0.05, 0.1) is 29.3 Å². The predicted octanol–water partition coefficient (Wildman–Crippen LogP) is 3.74. The van der Waals surface area contributed by atoms with Crippen LogP contribution in [0.4, 0.5) is 5.13 Å². The molecule has 1 amide bonds. The van der Waals surface area contributed by atoms with Crippen molar-refractivity contribution in [2.45, 2.75) is 24.2 Å². The molecule has 2 heterocycles. The molecule has 164 valence electrons. The summed E-state index contributed by atoms with van der Waals surface area (Å²) in [4.78, 5) is 17.3. The predicted molar refractivity (Wildman–Crippen MR) is 120 cm³/mol. The number of ether oxygens (including phenoxy) is 2. The van der Waals surface area contributed by atoms with Crippen molar-refractivity contribution in [1.82, 2.24) is 9.29 Å². The Bertz CT molecular complexity index is 1160. The smallest absolute Gasteiger partial charge is 0.257 e. The molecule has 4 rings (SSSR count). The van der Waals surface area contributed by atoms with E-state index in [-0.39, 0.29) is 10.8 Å². The molecule has 1 aliphatic heterocycles. The molecule has 31 heavy (non-hydrogen) atoms. The minimum absolute atomic E-state index is 0.199. The number of benzene rings is 2. The van der Waals surface area contributed by atoms with Crippen molar-refractivity contribution in [1.29, 1.82) is 0 Å². The van der Waals surface area contributed by atoms with E-state index in [1.807, 2.05) is 6.07 Å². The van der Waals surface area contributed by atoms with Crippen LogP contribution in [-0.4, -0.2) is 50.9 Å². The molecule has 2 aromatic carbocycles. The molecule has 3 aromatic rings. The molecule has 0 unspecified atom stereocenters. The van der Waals surface area contributed by atoms with E-state index in [9.17, 15) is 13.2 Å². The first-order valence-electron chi connectivity index (χ1n) is 9.86. The van der Waals surface area contributed by atoms with Crippen LogP contribution in [0.2, 0.25) is 0 Å². The van der Waals surface area contributed by atoms with Gasteiger partial charge in [-0.2, -0.15) is 4.31 Å². The highest BCUT2D eigenvalue weighted by Crippen LogP contribution is 2.36. The van der Waals surface area contributed by atoms with Crippen LogP contribution >= 0.6 is 11.3 Å². The number of thiazole rings is 1. The molecule has 1 N–H and O–H groups in total. The topological polar surface area (TPSA) is 97.8 Å². The zero-order valence-corrected chi connectivity index (χ0v) is 18.9. The zero-order chi connectivity index (χ0) is 22.0. The number of nitrogens with one attached hydrogen (secondary N) is 1. The summed E-state index contributed by atoms with van der Waals surface area (Å²) in [7, 11) is -0.419. The highest BCUT2D eigenvalue weighted by atomic mass is 32.2. The number of amides is 1. The summed E-state index contributed by atoms with van der Waals surface area (Å²) in [6, 6.07) is 9.55. The normalized spacial score (nSPS) is 15.0. The fourth-order valence-electron chi connectivity index (χ4n) is 3.51. The van der Waals surface area contributed by atoms with E-state index in [0.717, 1.165) is 24.0 Å². The summed E-state index contributed by atoms with van der Waals surface area (Å²) < 4.78 is 38.5. The standard InChI is InChI=1S/C21H23N3O5S2/c1-28-17-12-16-19(13-18(17)29-2)30-21(22-16)23-20(25)14-6-8-15(9-7-14)31(26,27)24-10-4-3-5-11-24/h6-9,12-13H,3-5,10-11H2,1-2H3,(H,22,23,25). The number of piperidine rings is 1. The second kappa shape index (κ2) is 8.81. The van der Waals surface area contributed by atoms with Crippen LogP contribution in [0.25, 0.3) is 10.2 Å². The van der Waals surface area contributed by atoms with Crippen molar-refractivity contribution in [3.63, 3.8) is 0 Å². The number of anilines is 1. The molecule has 0 bridgehead atoms. The molecule has 10 heteroatoms. The van der Waals surface area contributed by atoms with Gasteiger partial charge in [0.2, 0.25) is 10.0 Å². The first-order valence-corrected chi connectivity index (χ1v) is 12.1. The van der Waals surface area contributed by atoms with Gasteiger partial charge in [0.15, 0.2) is 16.6 Å². The number of hydrogen-bond donors (Lipinski definition) is 1. The largest absolute Gasteiger partial charge is 0.493 e. The Balaban J connectivity index is 1.51. The minimum Gasteiger partial charge on any atom is -0.493 e. The Kier molecular flexibility index (Phi) is 6.12. The Hall–Kier alpha value is -2.69. The van der Waals surface area contributed by atoms with E-state index in [0.29, 0.717) is 40.8 Å². The average molecular weight is 462 g/mol. The van der Waals surface area contributed by atoms with E-state index >= 15 is 0 Å². The highest BCUT2D eigenvalue weighted by molar-refractivity contribution is 7.89. The van der Waals surface area contributed by atoms with Gasteiger partial charge in [-0.15, -0.1) is 0 Å². The molecule has 0 spiro atoms. The van der Waals surface area contributed by atoms with Crippen molar-refractivity contribution in [2.75, 3.05) is 32.6 Å². The van der Waals surface area contributed by atoms with E-state index in [1.165, 1.54) is 39.9 Å². The molecule has 1 saturated heterocycles. The molecule has 8 nitrogen and oxygen atoms in total. The van der Waals surface area contributed by atoms with E-state index in [2.05, 4.69) is 10.3 Å². The number of methoxy groups -OCH3 is 2. The molecular formula is C21H23N3O5S2. The van der Waals surface area contributed by atoms with Crippen molar-refractivity contribution >= 4 is 42.6 Å². The van der Waals surface area contributed by atoms with Crippen LogP contribution in [-0.2, 0) is 10.0 Å². The SMILES string of the molecule is COc1cc2nc(NC(=O)c3ccc(S(=O)(=O)N4CCCCC4)cc3)sc2cc1OC. The quantitative estimate of drug-likeness (QED) is 0.601. The van der Waals surface area contributed by atoms with E-state index in [4.69, 9.17) is 9.47 Å². The number of fused-ring (bicyclic) bond motifs is 1. The van der Waals surface area contributed by atoms with Crippen LogP contribution < -0.4 is 14.8 Å². The van der Waals surface area contributed by atoms with Crippen molar-refractivity contribution in [2.24, 2.45) is 0 Å². The summed E-state index contributed by atoms with van der Waals surface area (Å²) in [5, 5.41) is 3.20. The van der Waals surface area contributed by atoms with Gasteiger partial charge in [0, 0.05) is 30.8 Å². The third-order valence-electron chi connectivity index (χ3n) is 5.18. The van der Waals surface area contributed by atoms with Gasteiger partial charge in [-0.3, -0.25) is 10.1 Å². The number of rotatable bonds is 6. The lowest BCUT2D eigenvalue weighted by atomic mass is 10.2. The van der Waals surface area contributed by atoms with Gasteiger partial charge < -0.3 is 9.47 Å². The lowest BCUT2D eigenvalue weighted by Gasteiger charge is -2.25. The Morgan fingerprint density at radius 3 is 2.32 bits per heavy atom. The van der Waals surface area contributed by atoms with Crippen molar-refractivity contribution in [3.05, 3.63) is 42.0 Å². The van der Waals surface area contributed by atoms with Crippen molar-refractivity contribution in [3.8, 4) is 11.5 Å². The summed E-state index contributed by atoms with van der Waals surface area (Å²) >= 11 is 1.31. The molecule has 1 fully saturated rings. The average Bonchev–Trinajstić information content (AvgIpc) is 3.19. The van der Waals surface area contributed by atoms with Gasteiger partial charge in [0.25, 0.3) is 5.91 Å². The second-order valence-electron chi connectivity index (χ2n) is 7.14. The first-order chi connectivity index (χ1) is 14.9. The van der Waals surface area contributed by atoms with Gasteiger partial charge in [-0.05, 0) is 37.1 Å². The second-order valence-corrected chi connectivity index (χ2v) is 10.1. The van der Waals surface area contributed by atoms with Crippen molar-refractivity contribution < 1.29 is 22.7 Å². The number of aromatic nitrogens is 1. The molecule has 1 aliphatic rings. The number of carbonyl (C=O) groups is 1. The van der Waals surface area contributed by atoms with Crippen LogP contribution in [0.3, 0.4) is 0 Å². The van der Waals surface area contributed by atoms with E-state index < -0.39 is 10.0 Å². The lowest BCUT2D eigenvalue weighted by Crippen LogP contribution is -2.35. The van der Waals surface area contributed by atoms with Gasteiger partial charge in [-0.1, -0.05) is 17.8 Å². The molecule has 0 aliphatic carbocycles. The molecule has 0 saturated carbocycles. The summed E-state index contributed by atoms with van der Waals surface area (Å²) in [6.45, 7) is 1.08. The number of sulfonamides is 1. The van der Waals surface area contributed by atoms with E-state index in [1.54, 1.807) is 20.3 Å². The summed E-state index contributed by atoms with van der Waals surface area (Å²) in [5.74, 6) is 0.783. The fourth-order valence-corrected chi connectivity index (χ4v) is 5.90. The van der Waals surface area contributed by atoms with Crippen LogP contribution in [0, 0.1) is 0 Å². The third kappa shape index (κ3) is 4.36. The fraction of sp³-hybridized carbons (Fsp3) is 0.333. The Morgan fingerprint density at radius 2 is 1.68 bits per heavy atom. The maximum absolute atomic E-state index is 12.8. The summed E-state index contributed by atoms with van der Waals surface area (Å²) in [5.41, 5.74) is 1.04. The molecule has 0 radical (unpaired) electrons. The minimum atomic E-state index is -3.53. The monoisotopic (exact) mass is 461 g/mol.